The molecule has 1 aromatic rings. The third kappa shape index (κ3) is 1.79. The van der Waals surface area contributed by atoms with Crippen LogP contribution < -0.4 is 4.74 Å². The van der Waals surface area contributed by atoms with Crippen molar-refractivity contribution in [2.45, 2.75) is 13.8 Å². The Morgan fingerprint density at radius 1 is 1.12 bits per heavy atom. The SMILES string of the molecule is COc1cc([N+](=O)[O-])c([N+](=O)[O-])c(C)c1C. The summed E-state index contributed by atoms with van der Waals surface area (Å²) in [5, 5.41) is 21.5. The van der Waals surface area contributed by atoms with Crippen molar-refractivity contribution in [2.75, 3.05) is 7.11 Å². The third-order valence-electron chi connectivity index (χ3n) is 2.40. The van der Waals surface area contributed by atoms with Gasteiger partial charge in [0.1, 0.15) is 5.75 Å². The molecule has 0 fully saturated rings. The molecule has 0 N–H and O–H groups in total. The minimum absolute atomic E-state index is 0.246. The van der Waals surface area contributed by atoms with E-state index >= 15 is 0 Å². The van der Waals surface area contributed by atoms with Crippen LogP contribution in [-0.4, -0.2) is 17.0 Å². The van der Waals surface area contributed by atoms with Crippen LogP contribution in [0.15, 0.2) is 6.07 Å². The Morgan fingerprint density at radius 2 is 1.69 bits per heavy atom. The van der Waals surface area contributed by atoms with Gasteiger partial charge in [0.05, 0.1) is 23.0 Å². The Bertz CT molecular complexity index is 469. The van der Waals surface area contributed by atoms with Gasteiger partial charge in [-0.05, 0) is 13.8 Å². The Hall–Kier alpha value is -2.18. The van der Waals surface area contributed by atoms with E-state index in [0.29, 0.717) is 5.56 Å². The Balaban J connectivity index is 3.65. The molecule has 0 amide bonds. The van der Waals surface area contributed by atoms with Gasteiger partial charge in [-0.25, -0.2) is 0 Å². The lowest BCUT2D eigenvalue weighted by molar-refractivity contribution is -0.422. The lowest BCUT2D eigenvalue weighted by atomic mass is 10.1. The molecule has 0 aliphatic heterocycles. The molecule has 16 heavy (non-hydrogen) atoms. The van der Waals surface area contributed by atoms with E-state index in [0.717, 1.165) is 6.07 Å². The summed E-state index contributed by atoms with van der Waals surface area (Å²) in [6, 6.07) is 1.07. The van der Waals surface area contributed by atoms with Crippen LogP contribution >= 0.6 is 0 Å². The van der Waals surface area contributed by atoms with Gasteiger partial charge in [-0.15, -0.1) is 0 Å². The summed E-state index contributed by atoms with van der Waals surface area (Å²) in [6.45, 7) is 3.08. The number of nitro groups is 2. The number of methoxy groups -OCH3 is 1. The maximum Gasteiger partial charge on any atom is 0.350 e. The molecule has 0 aromatic heterocycles. The van der Waals surface area contributed by atoms with Gasteiger partial charge in [-0.1, -0.05) is 0 Å². The molecule has 7 heteroatoms. The molecule has 0 saturated carbocycles. The van der Waals surface area contributed by atoms with Crippen LogP contribution in [0, 0.1) is 34.1 Å². The van der Waals surface area contributed by atoms with Crippen molar-refractivity contribution in [3.05, 3.63) is 37.4 Å². The molecule has 0 unspecified atom stereocenters. The molecule has 0 radical (unpaired) electrons. The standard InChI is InChI=1S/C9H10N2O5/c1-5-6(2)9(11(14)15)7(10(12)13)4-8(5)16-3/h4H,1-3H3. The second-order valence-corrected chi connectivity index (χ2v) is 3.21. The molecular formula is C9H10N2O5. The van der Waals surface area contributed by atoms with E-state index in [4.69, 9.17) is 4.74 Å². The average Bonchev–Trinajstić information content (AvgIpc) is 2.20. The third-order valence-corrected chi connectivity index (χ3v) is 2.40. The van der Waals surface area contributed by atoms with E-state index in [1.807, 2.05) is 0 Å². The van der Waals surface area contributed by atoms with Crippen molar-refractivity contribution >= 4 is 11.4 Å². The first-order valence-electron chi connectivity index (χ1n) is 4.37. The van der Waals surface area contributed by atoms with Gasteiger partial charge in [0.2, 0.25) is 0 Å². The van der Waals surface area contributed by atoms with Crippen LogP contribution in [0.4, 0.5) is 11.4 Å². The average molecular weight is 226 g/mol. The van der Waals surface area contributed by atoms with E-state index < -0.39 is 21.2 Å². The van der Waals surface area contributed by atoms with Crippen molar-refractivity contribution in [3.63, 3.8) is 0 Å². The van der Waals surface area contributed by atoms with Crippen LogP contribution in [0.3, 0.4) is 0 Å². The van der Waals surface area contributed by atoms with Crippen molar-refractivity contribution in [2.24, 2.45) is 0 Å². The molecule has 1 aromatic carbocycles. The maximum atomic E-state index is 10.8. The van der Waals surface area contributed by atoms with E-state index in [-0.39, 0.29) is 11.3 Å². The monoisotopic (exact) mass is 226 g/mol. The number of benzene rings is 1. The summed E-state index contributed by atoms with van der Waals surface area (Å²) in [5.41, 5.74) is -0.260. The normalized spacial score (nSPS) is 9.94. The molecular weight excluding hydrogens is 216 g/mol. The number of rotatable bonds is 3. The number of nitrogens with zero attached hydrogens (tertiary/aromatic N) is 2. The predicted molar refractivity (Wildman–Crippen MR) is 55.8 cm³/mol. The number of hydrogen-bond acceptors (Lipinski definition) is 5. The molecule has 0 saturated heterocycles. The smallest absolute Gasteiger partial charge is 0.350 e. The van der Waals surface area contributed by atoms with Gasteiger partial charge in [0.25, 0.3) is 0 Å². The Morgan fingerprint density at radius 3 is 2.06 bits per heavy atom. The lowest BCUT2D eigenvalue weighted by Gasteiger charge is -2.07. The summed E-state index contributed by atoms with van der Waals surface area (Å²) >= 11 is 0. The van der Waals surface area contributed by atoms with Crippen LogP contribution in [0.5, 0.6) is 5.75 Å². The fourth-order valence-corrected chi connectivity index (χ4v) is 1.44. The molecule has 1 rings (SSSR count). The summed E-state index contributed by atoms with van der Waals surface area (Å²) in [4.78, 5) is 19.9. The molecule has 86 valence electrons. The highest BCUT2D eigenvalue weighted by atomic mass is 16.6. The predicted octanol–water partition coefficient (Wildman–Crippen LogP) is 2.13. The largest absolute Gasteiger partial charge is 0.496 e. The first-order valence-corrected chi connectivity index (χ1v) is 4.37. The van der Waals surface area contributed by atoms with Crippen LogP contribution in [0.1, 0.15) is 11.1 Å². The fourth-order valence-electron chi connectivity index (χ4n) is 1.44. The van der Waals surface area contributed by atoms with E-state index in [1.165, 1.54) is 14.0 Å². The van der Waals surface area contributed by atoms with Gasteiger partial charge < -0.3 is 4.74 Å². The molecule has 0 aliphatic carbocycles. The minimum Gasteiger partial charge on any atom is -0.496 e. The van der Waals surface area contributed by atoms with Gasteiger partial charge >= 0.3 is 11.4 Å². The summed E-state index contributed by atoms with van der Waals surface area (Å²) in [5.74, 6) is 0.273. The highest BCUT2D eigenvalue weighted by Crippen LogP contribution is 2.37. The second kappa shape index (κ2) is 4.13. The molecule has 0 bridgehead atoms. The maximum absolute atomic E-state index is 10.8. The second-order valence-electron chi connectivity index (χ2n) is 3.21. The number of nitro benzene ring substituents is 2. The quantitative estimate of drug-likeness (QED) is 0.581. The van der Waals surface area contributed by atoms with Gasteiger partial charge in [-0.3, -0.25) is 20.2 Å². The molecule has 0 heterocycles. The minimum atomic E-state index is -0.785. The van der Waals surface area contributed by atoms with Crippen molar-refractivity contribution in [3.8, 4) is 5.75 Å². The molecule has 0 spiro atoms. The molecule has 0 atom stereocenters. The highest BCUT2D eigenvalue weighted by Gasteiger charge is 2.30. The molecule has 7 nitrogen and oxygen atoms in total. The van der Waals surface area contributed by atoms with Crippen molar-refractivity contribution < 1.29 is 14.6 Å². The summed E-state index contributed by atoms with van der Waals surface area (Å²) < 4.78 is 4.92. The van der Waals surface area contributed by atoms with Crippen LogP contribution in [0.2, 0.25) is 0 Å². The number of hydrogen-bond donors (Lipinski definition) is 0. The fraction of sp³-hybridized carbons (Fsp3) is 0.333. The zero-order chi connectivity index (χ0) is 12.5. The first-order chi connectivity index (χ1) is 7.40. The highest BCUT2D eigenvalue weighted by molar-refractivity contribution is 5.64. The zero-order valence-corrected chi connectivity index (χ0v) is 9.01. The number of ether oxygens (including phenoxy) is 1. The van der Waals surface area contributed by atoms with Crippen LogP contribution in [0.25, 0.3) is 0 Å². The van der Waals surface area contributed by atoms with Gasteiger partial charge in [0, 0.05) is 11.1 Å². The Labute approximate surface area is 90.9 Å². The van der Waals surface area contributed by atoms with Crippen LogP contribution in [-0.2, 0) is 0 Å². The van der Waals surface area contributed by atoms with Crippen molar-refractivity contribution in [1.82, 2.24) is 0 Å². The van der Waals surface area contributed by atoms with E-state index in [1.54, 1.807) is 6.92 Å². The first kappa shape index (κ1) is 11.9. The molecule has 0 aliphatic rings. The summed E-state index contributed by atoms with van der Waals surface area (Å²) in [7, 11) is 1.36. The van der Waals surface area contributed by atoms with Gasteiger partial charge in [0.15, 0.2) is 0 Å². The van der Waals surface area contributed by atoms with Gasteiger partial charge in [-0.2, -0.15) is 0 Å². The van der Waals surface area contributed by atoms with Crippen molar-refractivity contribution in [1.29, 1.82) is 0 Å². The summed E-state index contributed by atoms with van der Waals surface area (Å²) in [6.07, 6.45) is 0. The zero-order valence-electron chi connectivity index (χ0n) is 9.01. The lowest BCUT2D eigenvalue weighted by Crippen LogP contribution is -2.02. The topological polar surface area (TPSA) is 95.5 Å². The Kier molecular flexibility index (Phi) is 3.07. The van der Waals surface area contributed by atoms with E-state index in [2.05, 4.69) is 0 Å². The van der Waals surface area contributed by atoms with E-state index in [9.17, 15) is 20.2 Å².